The van der Waals surface area contributed by atoms with Gasteiger partial charge in [-0.15, -0.1) is 11.8 Å². The van der Waals surface area contributed by atoms with Crippen LogP contribution < -0.4 is 4.74 Å². The fourth-order valence-corrected chi connectivity index (χ4v) is 5.81. The van der Waals surface area contributed by atoms with Gasteiger partial charge in [-0.2, -0.15) is 0 Å². The minimum Gasteiger partial charge on any atom is -0.496 e. The molecule has 120 valence electrons. The van der Waals surface area contributed by atoms with Gasteiger partial charge in [-0.05, 0) is 50.2 Å². The Morgan fingerprint density at radius 1 is 1.00 bits per heavy atom. The van der Waals surface area contributed by atoms with Crippen molar-refractivity contribution in [3.8, 4) is 5.75 Å². The highest BCUT2D eigenvalue weighted by Gasteiger charge is 2.46. The van der Waals surface area contributed by atoms with Crippen molar-refractivity contribution in [1.82, 2.24) is 4.90 Å². The van der Waals surface area contributed by atoms with Crippen molar-refractivity contribution in [2.24, 2.45) is 0 Å². The molecule has 2 aromatic carbocycles. The second kappa shape index (κ2) is 5.88. The zero-order valence-electron chi connectivity index (χ0n) is 13.8. The molecular weight excluding hydrogens is 302 g/mol. The molecule has 2 aliphatic heterocycles. The number of nitrogens with zero attached hydrogens (tertiary/aromatic N) is 1. The maximum absolute atomic E-state index is 5.64. The van der Waals surface area contributed by atoms with Gasteiger partial charge in [-0.3, -0.25) is 0 Å². The summed E-state index contributed by atoms with van der Waals surface area (Å²) in [6, 6.07) is 17.5. The minimum atomic E-state index is 0.272. The first kappa shape index (κ1) is 15.1. The first-order valence-electron chi connectivity index (χ1n) is 8.32. The number of likely N-dealkylation sites (tertiary alicyclic amines) is 1. The standard InChI is InChI=1S/C20H23NOS/c1-21-13-11-20(12-14-21)17-9-5-3-7-15(17)19(23-20)16-8-4-6-10-18(16)22-2/h3-10,19H,11-14H2,1-2H3. The molecule has 2 aromatic rings. The second-order valence-electron chi connectivity index (χ2n) is 6.62. The molecule has 4 rings (SSSR count). The summed E-state index contributed by atoms with van der Waals surface area (Å²) in [7, 11) is 4.01. The summed E-state index contributed by atoms with van der Waals surface area (Å²) in [6.07, 6.45) is 2.47. The number of piperidine rings is 1. The summed E-state index contributed by atoms with van der Waals surface area (Å²) < 4.78 is 5.92. The average Bonchev–Trinajstić information content (AvgIpc) is 2.92. The maximum atomic E-state index is 5.64. The van der Waals surface area contributed by atoms with E-state index in [1.165, 1.54) is 37.1 Å². The number of ether oxygens (including phenoxy) is 1. The van der Waals surface area contributed by atoms with Crippen LogP contribution in [0.2, 0.25) is 0 Å². The number of methoxy groups -OCH3 is 1. The Balaban J connectivity index is 1.79. The highest BCUT2D eigenvalue weighted by Crippen LogP contribution is 2.62. The Hall–Kier alpha value is -1.45. The van der Waals surface area contributed by atoms with Crippen LogP contribution in [0.15, 0.2) is 48.5 Å². The highest BCUT2D eigenvalue weighted by molar-refractivity contribution is 8.01. The third-order valence-corrected chi connectivity index (χ3v) is 7.12. The second-order valence-corrected chi connectivity index (χ2v) is 8.11. The van der Waals surface area contributed by atoms with E-state index in [-0.39, 0.29) is 4.75 Å². The molecule has 1 atom stereocenters. The van der Waals surface area contributed by atoms with Gasteiger partial charge in [-0.25, -0.2) is 0 Å². The summed E-state index contributed by atoms with van der Waals surface area (Å²) in [6.45, 7) is 2.36. The van der Waals surface area contributed by atoms with E-state index in [4.69, 9.17) is 4.74 Å². The number of rotatable bonds is 2. The summed E-state index contributed by atoms with van der Waals surface area (Å²) in [5.74, 6) is 1.00. The number of hydrogen-bond donors (Lipinski definition) is 0. The normalized spacial score (nSPS) is 23.0. The molecule has 0 aliphatic carbocycles. The lowest BCUT2D eigenvalue weighted by Crippen LogP contribution is -2.37. The van der Waals surface area contributed by atoms with Gasteiger partial charge in [0.05, 0.1) is 12.4 Å². The largest absolute Gasteiger partial charge is 0.496 e. The maximum Gasteiger partial charge on any atom is 0.123 e. The molecule has 1 unspecified atom stereocenters. The molecule has 3 heteroatoms. The smallest absolute Gasteiger partial charge is 0.123 e. The summed E-state index contributed by atoms with van der Waals surface area (Å²) >= 11 is 2.14. The predicted octanol–water partition coefficient (Wildman–Crippen LogP) is 4.45. The lowest BCUT2D eigenvalue weighted by Gasteiger charge is -2.38. The Kier molecular flexibility index (Phi) is 3.86. The number of benzene rings is 2. The molecule has 0 aromatic heterocycles. The van der Waals surface area contributed by atoms with Crippen molar-refractivity contribution < 1.29 is 4.74 Å². The van der Waals surface area contributed by atoms with Crippen molar-refractivity contribution in [3.63, 3.8) is 0 Å². The average molecular weight is 325 g/mol. The van der Waals surface area contributed by atoms with Gasteiger partial charge in [-0.1, -0.05) is 42.5 Å². The van der Waals surface area contributed by atoms with Crippen LogP contribution in [0, 0.1) is 0 Å². The molecule has 23 heavy (non-hydrogen) atoms. The van der Waals surface area contributed by atoms with Gasteiger partial charge in [0.15, 0.2) is 0 Å². The number of para-hydroxylation sites is 1. The molecule has 2 heterocycles. The third kappa shape index (κ3) is 2.47. The topological polar surface area (TPSA) is 12.5 Å². The third-order valence-electron chi connectivity index (χ3n) is 5.29. The van der Waals surface area contributed by atoms with E-state index in [2.05, 4.69) is 72.2 Å². The Morgan fingerprint density at radius 3 is 2.39 bits per heavy atom. The van der Waals surface area contributed by atoms with Crippen LogP contribution in [0.5, 0.6) is 5.75 Å². The van der Waals surface area contributed by atoms with Gasteiger partial charge in [0, 0.05) is 10.3 Å². The Morgan fingerprint density at radius 2 is 1.65 bits per heavy atom. The summed E-state index contributed by atoms with van der Waals surface area (Å²) in [4.78, 5) is 2.45. The monoisotopic (exact) mass is 325 g/mol. The van der Waals surface area contributed by atoms with E-state index in [1.807, 2.05) is 0 Å². The van der Waals surface area contributed by atoms with Crippen molar-refractivity contribution >= 4 is 11.8 Å². The minimum absolute atomic E-state index is 0.272. The van der Waals surface area contributed by atoms with Gasteiger partial charge >= 0.3 is 0 Å². The van der Waals surface area contributed by atoms with Crippen LogP contribution >= 0.6 is 11.8 Å². The Bertz CT molecular complexity index is 706. The molecule has 0 N–H and O–H groups in total. The van der Waals surface area contributed by atoms with Gasteiger partial charge in [0.25, 0.3) is 0 Å². The highest BCUT2D eigenvalue weighted by atomic mass is 32.2. The Labute approximate surface area is 142 Å². The quantitative estimate of drug-likeness (QED) is 0.809. The van der Waals surface area contributed by atoms with Crippen molar-refractivity contribution in [2.75, 3.05) is 27.2 Å². The van der Waals surface area contributed by atoms with Gasteiger partial charge in [0.2, 0.25) is 0 Å². The fourth-order valence-electron chi connectivity index (χ4n) is 3.97. The van der Waals surface area contributed by atoms with E-state index in [9.17, 15) is 0 Å². The van der Waals surface area contributed by atoms with E-state index >= 15 is 0 Å². The number of thioether (sulfide) groups is 1. The van der Waals surface area contributed by atoms with Crippen LogP contribution in [0.1, 0.15) is 34.8 Å². The van der Waals surface area contributed by atoms with E-state index in [1.54, 1.807) is 12.7 Å². The number of fused-ring (bicyclic) bond motifs is 2. The van der Waals surface area contributed by atoms with Crippen LogP contribution in [-0.4, -0.2) is 32.1 Å². The first-order chi connectivity index (χ1) is 11.2. The lowest BCUT2D eigenvalue weighted by molar-refractivity contribution is 0.241. The molecule has 0 amide bonds. The summed E-state index contributed by atoms with van der Waals surface area (Å²) in [5, 5.41) is 0.380. The molecule has 0 radical (unpaired) electrons. The van der Waals surface area contributed by atoms with Crippen molar-refractivity contribution in [1.29, 1.82) is 0 Å². The molecular formula is C20H23NOS. The van der Waals surface area contributed by atoms with E-state index < -0.39 is 0 Å². The molecule has 1 spiro atoms. The fraction of sp³-hybridized carbons (Fsp3) is 0.400. The molecule has 1 fully saturated rings. The molecule has 1 saturated heterocycles. The number of hydrogen-bond acceptors (Lipinski definition) is 3. The van der Waals surface area contributed by atoms with Gasteiger partial charge in [0.1, 0.15) is 5.75 Å². The molecule has 2 nitrogen and oxygen atoms in total. The molecule has 0 bridgehead atoms. The predicted molar refractivity (Wildman–Crippen MR) is 97.3 cm³/mol. The van der Waals surface area contributed by atoms with Crippen LogP contribution in [0.4, 0.5) is 0 Å². The van der Waals surface area contributed by atoms with Crippen molar-refractivity contribution in [2.45, 2.75) is 22.8 Å². The van der Waals surface area contributed by atoms with Crippen LogP contribution in [0.25, 0.3) is 0 Å². The zero-order chi connectivity index (χ0) is 15.9. The first-order valence-corrected chi connectivity index (χ1v) is 9.20. The molecule has 2 aliphatic rings. The lowest BCUT2D eigenvalue weighted by atomic mass is 9.84. The molecule has 0 saturated carbocycles. The van der Waals surface area contributed by atoms with Crippen LogP contribution in [-0.2, 0) is 4.75 Å². The van der Waals surface area contributed by atoms with E-state index in [0.29, 0.717) is 5.25 Å². The van der Waals surface area contributed by atoms with Gasteiger partial charge < -0.3 is 9.64 Å². The van der Waals surface area contributed by atoms with E-state index in [0.717, 1.165) is 5.75 Å². The summed E-state index contributed by atoms with van der Waals surface area (Å²) in [5.41, 5.74) is 4.34. The zero-order valence-corrected chi connectivity index (χ0v) is 14.6. The van der Waals surface area contributed by atoms with Crippen LogP contribution in [0.3, 0.4) is 0 Å². The SMILES string of the molecule is COc1ccccc1C1SC2(CCN(C)CC2)c2ccccc21. The van der Waals surface area contributed by atoms with Crippen molar-refractivity contribution in [3.05, 3.63) is 65.2 Å².